The zero-order chi connectivity index (χ0) is 13.6. The number of hydrogen-bond acceptors (Lipinski definition) is 2. The summed E-state index contributed by atoms with van der Waals surface area (Å²) in [5, 5.41) is 21.6. The van der Waals surface area contributed by atoms with Crippen LogP contribution >= 0.6 is 11.6 Å². The molecular weight excluding hydrogens is 264 g/mol. The molecule has 2 N–H and O–H groups in total. The van der Waals surface area contributed by atoms with E-state index in [2.05, 4.69) is 0 Å². The Labute approximate surface area is 115 Å². The Hall–Kier alpha value is -1.74. The molecule has 0 unspecified atom stereocenters. The van der Waals surface area contributed by atoms with Gasteiger partial charge < -0.3 is 10.2 Å². The number of phenolic OH excluding ortho intramolecular Hbond substituents is 1. The third kappa shape index (κ3) is 2.15. The van der Waals surface area contributed by atoms with Gasteiger partial charge in [0.1, 0.15) is 5.75 Å². The lowest BCUT2D eigenvalue weighted by Gasteiger charge is -2.16. The lowest BCUT2D eigenvalue weighted by Crippen LogP contribution is -2.13. The van der Waals surface area contributed by atoms with E-state index in [1.54, 1.807) is 12.1 Å². The SMILES string of the molecule is O=C(O)CC1(c2cc3cc(Cl)ccc3cc2O)CC1. The maximum absolute atomic E-state index is 11.0. The van der Waals surface area contributed by atoms with Gasteiger partial charge >= 0.3 is 5.97 Å². The van der Waals surface area contributed by atoms with Crippen molar-refractivity contribution in [2.75, 3.05) is 0 Å². The molecule has 0 saturated heterocycles. The standard InChI is InChI=1S/C15H13ClO3/c16-11-2-1-9-7-13(17)12(6-10(9)5-11)15(3-4-15)8-14(18)19/h1-2,5-7,17H,3-4,8H2,(H,18,19). The van der Waals surface area contributed by atoms with Crippen LogP contribution in [0.3, 0.4) is 0 Å². The molecule has 0 amide bonds. The van der Waals surface area contributed by atoms with E-state index in [1.165, 1.54) is 0 Å². The van der Waals surface area contributed by atoms with Crippen LogP contribution < -0.4 is 0 Å². The second-order valence-electron chi connectivity index (χ2n) is 5.21. The molecule has 0 bridgehead atoms. The molecular formula is C15H13ClO3. The monoisotopic (exact) mass is 276 g/mol. The Bertz CT molecular complexity index is 674. The predicted molar refractivity (Wildman–Crippen MR) is 73.8 cm³/mol. The van der Waals surface area contributed by atoms with E-state index in [0.717, 1.165) is 29.2 Å². The second-order valence-corrected chi connectivity index (χ2v) is 5.65. The summed E-state index contributed by atoms with van der Waals surface area (Å²) in [5.74, 6) is -0.656. The van der Waals surface area contributed by atoms with Gasteiger partial charge in [0.25, 0.3) is 0 Å². The fourth-order valence-corrected chi connectivity index (χ4v) is 2.84. The summed E-state index contributed by atoms with van der Waals surface area (Å²) in [6.07, 6.45) is 1.67. The fraction of sp³-hybridized carbons (Fsp3) is 0.267. The molecule has 2 aromatic carbocycles. The van der Waals surface area contributed by atoms with Crippen molar-refractivity contribution in [3.8, 4) is 5.75 Å². The van der Waals surface area contributed by atoms with E-state index >= 15 is 0 Å². The average molecular weight is 277 g/mol. The van der Waals surface area contributed by atoms with E-state index in [0.29, 0.717) is 5.02 Å². The van der Waals surface area contributed by atoms with Crippen molar-refractivity contribution in [2.45, 2.75) is 24.7 Å². The van der Waals surface area contributed by atoms with Gasteiger partial charge in [0.15, 0.2) is 0 Å². The summed E-state index contributed by atoms with van der Waals surface area (Å²) >= 11 is 5.97. The minimum atomic E-state index is -0.830. The van der Waals surface area contributed by atoms with Crippen LogP contribution in [0.5, 0.6) is 5.75 Å². The van der Waals surface area contributed by atoms with Gasteiger partial charge in [0, 0.05) is 16.0 Å². The molecule has 1 aliphatic rings. The van der Waals surface area contributed by atoms with E-state index in [9.17, 15) is 9.90 Å². The minimum Gasteiger partial charge on any atom is -0.508 e. The zero-order valence-corrected chi connectivity index (χ0v) is 10.9. The van der Waals surface area contributed by atoms with Gasteiger partial charge in [-0.15, -0.1) is 0 Å². The summed E-state index contributed by atoms with van der Waals surface area (Å²) < 4.78 is 0. The smallest absolute Gasteiger partial charge is 0.304 e. The molecule has 1 aliphatic carbocycles. The molecule has 0 aliphatic heterocycles. The molecule has 19 heavy (non-hydrogen) atoms. The van der Waals surface area contributed by atoms with Gasteiger partial charge in [-0.2, -0.15) is 0 Å². The molecule has 0 heterocycles. The number of carbonyl (C=O) groups is 1. The van der Waals surface area contributed by atoms with Crippen LogP contribution in [0.15, 0.2) is 30.3 Å². The molecule has 98 valence electrons. The molecule has 4 heteroatoms. The van der Waals surface area contributed by atoms with Gasteiger partial charge in [-0.05, 0) is 47.9 Å². The van der Waals surface area contributed by atoms with Gasteiger partial charge in [-0.1, -0.05) is 17.7 Å². The van der Waals surface area contributed by atoms with Crippen LogP contribution in [-0.4, -0.2) is 16.2 Å². The van der Waals surface area contributed by atoms with Crippen molar-refractivity contribution in [3.63, 3.8) is 0 Å². The molecule has 3 nitrogen and oxygen atoms in total. The average Bonchev–Trinajstić information content (AvgIpc) is 3.08. The molecule has 0 radical (unpaired) electrons. The number of carboxylic acid groups (broad SMARTS) is 1. The summed E-state index contributed by atoms with van der Waals surface area (Å²) in [5.41, 5.74) is 0.330. The van der Waals surface area contributed by atoms with Crippen molar-refractivity contribution < 1.29 is 15.0 Å². The maximum atomic E-state index is 11.0. The highest BCUT2D eigenvalue weighted by Crippen LogP contribution is 2.54. The van der Waals surface area contributed by atoms with Crippen molar-refractivity contribution >= 4 is 28.3 Å². The molecule has 1 saturated carbocycles. The number of halogens is 1. The van der Waals surface area contributed by atoms with Crippen LogP contribution in [0, 0.1) is 0 Å². The third-order valence-corrected chi connectivity index (χ3v) is 4.07. The number of hydrogen-bond donors (Lipinski definition) is 2. The van der Waals surface area contributed by atoms with E-state index in [1.807, 2.05) is 18.2 Å². The minimum absolute atomic E-state index is 0.0621. The van der Waals surface area contributed by atoms with Gasteiger partial charge in [-0.25, -0.2) is 0 Å². The fourth-order valence-electron chi connectivity index (χ4n) is 2.66. The van der Waals surface area contributed by atoms with Crippen LogP contribution in [0.25, 0.3) is 10.8 Å². The number of benzene rings is 2. The number of phenols is 1. The largest absolute Gasteiger partial charge is 0.508 e. The summed E-state index contributed by atoms with van der Waals surface area (Å²) in [6, 6.07) is 9.00. The second kappa shape index (κ2) is 4.14. The topological polar surface area (TPSA) is 57.5 Å². The first-order valence-electron chi connectivity index (χ1n) is 6.15. The Morgan fingerprint density at radius 2 is 1.95 bits per heavy atom. The lowest BCUT2D eigenvalue weighted by molar-refractivity contribution is -0.137. The van der Waals surface area contributed by atoms with E-state index in [4.69, 9.17) is 16.7 Å². The highest BCUT2D eigenvalue weighted by atomic mass is 35.5. The third-order valence-electron chi connectivity index (χ3n) is 3.83. The van der Waals surface area contributed by atoms with E-state index in [-0.39, 0.29) is 12.2 Å². The van der Waals surface area contributed by atoms with Crippen molar-refractivity contribution in [1.29, 1.82) is 0 Å². The van der Waals surface area contributed by atoms with Crippen LogP contribution in [0.1, 0.15) is 24.8 Å². The Morgan fingerprint density at radius 1 is 1.21 bits per heavy atom. The van der Waals surface area contributed by atoms with Gasteiger partial charge in [-0.3, -0.25) is 4.79 Å². The van der Waals surface area contributed by atoms with Crippen LogP contribution in [-0.2, 0) is 10.2 Å². The Morgan fingerprint density at radius 3 is 2.58 bits per heavy atom. The summed E-state index contributed by atoms with van der Waals surface area (Å²) in [6.45, 7) is 0. The highest BCUT2D eigenvalue weighted by molar-refractivity contribution is 6.31. The summed E-state index contributed by atoms with van der Waals surface area (Å²) in [4.78, 5) is 11.0. The van der Waals surface area contributed by atoms with Crippen LogP contribution in [0.4, 0.5) is 0 Å². The zero-order valence-electron chi connectivity index (χ0n) is 10.2. The first kappa shape index (κ1) is 12.3. The van der Waals surface area contributed by atoms with Crippen molar-refractivity contribution in [2.24, 2.45) is 0 Å². The van der Waals surface area contributed by atoms with Gasteiger partial charge in [0.2, 0.25) is 0 Å². The van der Waals surface area contributed by atoms with Crippen LogP contribution in [0.2, 0.25) is 5.02 Å². The highest BCUT2D eigenvalue weighted by Gasteiger charge is 2.47. The lowest BCUT2D eigenvalue weighted by atomic mass is 9.90. The quantitative estimate of drug-likeness (QED) is 0.898. The Kier molecular flexibility index (Phi) is 2.68. The summed E-state index contributed by atoms with van der Waals surface area (Å²) in [7, 11) is 0. The maximum Gasteiger partial charge on any atom is 0.304 e. The predicted octanol–water partition coefficient (Wildman–Crippen LogP) is 3.71. The number of carboxylic acids is 1. The number of aromatic hydroxyl groups is 1. The number of fused-ring (bicyclic) bond motifs is 1. The molecule has 0 aromatic heterocycles. The van der Waals surface area contributed by atoms with E-state index < -0.39 is 11.4 Å². The molecule has 0 atom stereocenters. The normalized spacial score (nSPS) is 16.5. The number of aliphatic carboxylic acids is 1. The first-order chi connectivity index (χ1) is 9.00. The van der Waals surface area contributed by atoms with Crippen molar-refractivity contribution in [1.82, 2.24) is 0 Å². The molecule has 3 rings (SSSR count). The first-order valence-corrected chi connectivity index (χ1v) is 6.53. The molecule has 2 aromatic rings. The van der Waals surface area contributed by atoms with Gasteiger partial charge in [0.05, 0.1) is 6.42 Å². The van der Waals surface area contributed by atoms with Crippen molar-refractivity contribution in [3.05, 3.63) is 40.9 Å². The molecule has 0 spiro atoms. The molecule has 1 fully saturated rings. The Balaban J connectivity index is 2.13. The number of rotatable bonds is 3.